The van der Waals surface area contributed by atoms with Crippen molar-refractivity contribution in [1.82, 2.24) is 10.6 Å². The summed E-state index contributed by atoms with van der Waals surface area (Å²) in [5.74, 6) is -0.0231. The maximum absolute atomic E-state index is 13.8. The van der Waals surface area contributed by atoms with Crippen LogP contribution >= 0.6 is 0 Å². The number of benzene rings is 4. The average molecular weight is 505 g/mol. The van der Waals surface area contributed by atoms with Crippen molar-refractivity contribution in [3.8, 4) is 5.75 Å². The second kappa shape index (κ2) is 12.2. The van der Waals surface area contributed by atoms with Crippen molar-refractivity contribution in [2.45, 2.75) is 31.2 Å². The summed E-state index contributed by atoms with van der Waals surface area (Å²) in [6, 6.07) is 31.1. The Morgan fingerprint density at radius 3 is 2.37 bits per heavy atom. The van der Waals surface area contributed by atoms with E-state index in [0.29, 0.717) is 17.9 Å². The molecule has 5 nitrogen and oxygen atoms in total. The minimum Gasteiger partial charge on any atom is -0.489 e. The predicted octanol–water partition coefficient (Wildman–Crippen LogP) is 6.33. The van der Waals surface area contributed by atoms with Crippen LogP contribution in [0.2, 0.25) is 0 Å². The zero-order valence-electron chi connectivity index (χ0n) is 21.3. The molecule has 0 spiro atoms. The lowest BCUT2D eigenvalue weighted by Gasteiger charge is -2.24. The highest BCUT2D eigenvalue weighted by Gasteiger charge is 2.25. The highest BCUT2D eigenvalue weighted by atomic mass is 16.5. The first-order chi connectivity index (χ1) is 18.7. The maximum atomic E-state index is 13.8. The molecule has 2 unspecified atom stereocenters. The third-order valence-electron chi connectivity index (χ3n) is 6.97. The van der Waals surface area contributed by atoms with E-state index in [0.717, 1.165) is 41.2 Å². The molecular formula is C33H32N2O3. The number of amides is 2. The Hall–Kier alpha value is -4.38. The summed E-state index contributed by atoms with van der Waals surface area (Å²) in [5, 5.41) is 8.52. The van der Waals surface area contributed by atoms with Crippen LogP contribution in [0.4, 0.5) is 0 Å². The van der Waals surface area contributed by atoms with Crippen LogP contribution in [-0.2, 0) is 4.79 Å². The molecule has 4 aromatic rings. The van der Waals surface area contributed by atoms with E-state index in [9.17, 15) is 9.59 Å². The Bertz CT molecular complexity index is 1430. The fourth-order valence-corrected chi connectivity index (χ4v) is 4.92. The Kier molecular flexibility index (Phi) is 8.14. The number of nitrogens with one attached hydrogen (secondary N) is 2. The van der Waals surface area contributed by atoms with E-state index in [2.05, 4.69) is 41.0 Å². The van der Waals surface area contributed by atoms with E-state index in [1.54, 1.807) is 12.1 Å². The van der Waals surface area contributed by atoms with E-state index in [1.165, 1.54) is 0 Å². The maximum Gasteiger partial charge on any atom is 0.255 e. The first-order valence-corrected chi connectivity index (χ1v) is 13.2. The van der Waals surface area contributed by atoms with Gasteiger partial charge < -0.3 is 15.4 Å². The molecule has 192 valence electrons. The molecule has 1 heterocycles. The van der Waals surface area contributed by atoms with Crippen LogP contribution in [0, 0.1) is 0 Å². The molecular weight excluding hydrogens is 472 g/mol. The summed E-state index contributed by atoms with van der Waals surface area (Å²) in [6.45, 7) is 0.630. The third kappa shape index (κ3) is 6.12. The normalized spacial score (nSPS) is 20.0. The van der Waals surface area contributed by atoms with Gasteiger partial charge in [-0.2, -0.15) is 0 Å². The smallest absolute Gasteiger partial charge is 0.255 e. The van der Waals surface area contributed by atoms with Gasteiger partial charge in [-0.25, -0.2) is 0 Å². The van der Waals surface area contributed by atoms with Gasteiger partial charge in [0.25, 0.3) is 5.91 Å². The van der Waals surface area contributed by atoms with E-state index >= 15 is 0 Å². The van der Waals surface area contributed by atoms with Crippen LogP contribution < -0.4 is 15.4 Å². The number of para-hydroxylation sites is 1. The molecule has 0 fully saturated rings. The summed E-state index contributed by atoms with van der Waals surface area (Å²) in [5.41, 5.74) is 2.41. The monoisotopic (exact) mass is 504 g/mol. The van der Waals surface area contributed by atoms with Gasteiger partial charge in [0, 0.05) is 6.54 Å². The summed E-state index contributed by atoms with van der Waals surface area (Å²) in [4.78, 5) is 27.0. The van der Waals surface area contributed by atoms with E-state index in [-0.39, 0.29) is 24.3 Å². The van der Waals surface area contributed by atoms with Crippen molar-refractivity contribution in [3.63, 3.8) is 0 Å². The van der Waals surface area contributed by atoms with Crippen molar-refractivity contribution in [1.29, 1.82) is 0 Å². The number of hydrogen-bond donors (Lipinski definition) is 2. The number of allylic oxidation sites excluding steroid dienone is 1. The minimum atomic E-state index is -0.400. The van der Waals surface area contributed by atoms with Crippen molar-refractivity contribution >= 4 is 22.6 Å². The Morgan fingerprint density at radius 2 is 1.50 bits per heavy atom. The van der Waals surface area contributed by atoms with E-state index in [4.69, 9.17) is 4.74 Å². The molecule has 0 bridgehead atoms. The van der Waals surface area contributed by atoms with Crippen LogP contribution in [0.3, 0.4) is 0 Å². The van der Waals surface area contributed by atoms with Gasteiger partial charge in [-0.1, -0.05) is 91.0 Å². The SMILES string of the molecule is O=C1NCC(c2ccc3ccccc3c2)NC(=O)C(c2ccccc2)CCC/C=C/COc2ccccc21. The molecule has 0 saturated heterocycles. The fraction of sp³-hybridized carbons (Fsp3) is 0.212. The van der Waals surface area contributed by atoms with Gasteiger partial charge in [0.1, 0.15) is 12.4 Å². The van der Waals surface area contributed by atoms with Gasteiger partial charge >= 0.3 is 0 Å². The minimum absolute atomic E-state index is 0.0385. The first-order valence-electron chi connectivity index (χ1n) is 13.2. The lowest BCUT2D eigenvalue weighted by molar-refractivity contribution is -0.123. The number of carbonyl (C=O) groups is 2. The zero-order chi connectivity index (χ0) is 26.2. The molecule has 2 atom stereocenters. The highest BCUT2D eigenvalue weighted by Crippen LogP contribution is 2.26. The van der Waals surface area contributed by atoms with Gasteiger partial charge in [-0.15, -0.1) is 0 Å². The van der Waals surface area contributed by atoms with E-state index in [1.807, 2.05) is 66.7 Å². The third-order valence-corrected chi connectivity index (χ3v) is 6.97. The van der Waals surface area contributed by atoms with E-state index < -0.39 is 6.04 Å². The molecule has 2 amide bonds. The van der Waals surface area contributed by atoms with Gasteiger partial charge in [-0.3, -0.25) is 9.59 Å². The van der Waals surface area contributed by atoms with Crippen LogP contribution in [0.5, 0.6) is 5.75 Å². The number of hydrogen-bond acceptors (Lipinski definition) is 3. The number of rotatable bonds is 2. The van der Waals surface area contributed by atoms with Gasteiger partial charge in [-0.05, 0) is 59.4 Å². The van der Waals surface area contributed by atoms with Crippen LogP contribution in [0.15, 0.2) is 109 Å². The molecule has 4 aromatic carbocycles. The summed E-state index contributed by atoms with van der Waals surface area (Å²) in [7, 11) is 0. The predicted molar refractivity (Wildman–Crippen MR) is 151 cm³/mol. The Labute approximate surface area is 223 Å². The lowest BCUT2D eigenvalue weighted by atomic mass is 9.91. The Morgan fingerprint density at radius 1 is 0.737 bits per heavy atom. The van der Waals surface area contributed by atoms with Crippen molar-refractivity contribution in [3.05, 3.63) is 126 Å². The average Bonchev–Trinajstić information content (AvgIpc) is 2.96. The first kappa shape index (κ1) is 25.3. The largest absolute Gasteiger partial charge is 0.489 e. The molecule has 0 aliphatic carbocycles. The molecule has 1 aliphatic rings. The summed E-state index contributed by atoms with van der Waals surface area (Å²) in [6.07, 6.45) is 6.48. The number of carbonyl (C=O) groups excluding carboxylic acids is 2. The van der Waals surface area contributed by atoms with Gasteiger partial charge in [0.2, 0.25) is 5.91 Å². The molecule has 0 saturated carbocycles. The molecule has 2 N–H and O–H groups in total. The zero-order valence-corrected chi connectivity index (χ0v) is 21.3. The summed E-state index contributed by atoms with van der Waals surface area (Å²) < 4.78 is 5.91. The van der Waals surface area contributed by atoms with Crippen LogP contribution in [-0.4, -0.2) is 25.0 Å². The molecule has 1 aliphatic heterocycles. The Balaban J connectivity index is 1.48. The van der Waals surface area contributed by atoms with Crippen molar-refractivity contribution < 1.29 is 14.3 Å². The van der Waals surface area contributed by atoms with Gasteiger partial charge in [0.15, 0.2) is 0 Å². The second-order valence-corrected chi connectivity index (χ2v) is 9.55. The number of fused-ring (bicyclic) bond motifs is 2. The van der Waals surface area contributed by atoms with Crippen molar-refractivity contribution in [2.24, 2.45) is 0 Å². The quantitative estimate of drug-likeness (QED) is 0.314. The fourth-order valence-electron chi connectivity index (χ4n) is 4.92. The van der Waals surface area contributed by atoms with Gasteiger partial charge in [0.05, 0.1) is 17.5 Å². The number of ether oxygens (including phenoxy) is 1. The van der Waals surface area contributed by atoms with Crippen LogP contribution in [0.1, 0.15) is 52.7 Å². The molecule has 5 rings (SSSR count). The topological polar surface area (TPSA) is 67.4 Å². The molecule has 38 heavy (non-hydrogen) atoms. The highest BCUT2D eigenvalue weighted by molar-refractivity contribution is 5.97. The summed E-state index contributed by atoms with van der Waals surface area (Å²) >= 11 is 0. The standard InChI is InChI=1S/C33H32N2O3/c36-32-29-17-9-10-18-31(29)38-21-11-2-1-6-16-28(25-13-4-3-5-14-25)33(37)35-30(23-34-32)27-20-19-24-12-7-8-15-26(24)22-27/h2-5,7-15,17-20,22,28,30H,1,6,16,21,23H2,(H,34,36)(H,35,37)/b11-2+. The van der Waals surface area contributed by atoms with Crippen LogP contribution in [0.25, 0.3) is 10.8 Å². The lowest BCUT2D eigenvalue weighted by Crippen LogP contribution is -2.40. The molecule has 5 heteroatoms. The second-order valence-electron chi connectivity index (χ2n) is 9.55. The van der Waals surface area contributed by atoms with Crippen molar-refractivity contribution in [2.75, 3.05) is 13.2 Å². The molecule has 0 radical (unpaired) electrons. The molecule has 0 aromatic heterocycles.